The molecule has 0 aliphatic carbocycles. The Balaban J connectivity index is 2.41. The molecule has 1 aromatic rings. The Labute approximate surface area is 162 Å². The first-order valence-electron chi connectivity index (χ1n) is 9.09. The van der Waals surface area contributed by atoms with Crippen LogP contribution in [0.5, 0.6) is 0 Å². The quantitative estimate of drug-likeness (QED) is 0.357. The fourth-order valence-electron chi connectivity index (χ4n) is 2.21. The molecule has 1 rings (SSSR count). The first kappa shape index (κ1) is 22.4. The summed E-state index contributed by atoms with van der Waals surface area (Å²) in [5.41, 5.74) is 1.01. The molecule has 26 heavy (non-hydrogen) atoms. The Kier molecular flexibility index (Phi) is 11.7. The molecular formula is C20H28O5Se. The first-order chi connectivity index (χ1) is 12.5. The summed E-state index contributed by atoms with van der Waals surface area (Å²) in [7, 11) is 0. The zero-order valence-electron chi connectivity index (χ0n) is 15.6. The van der Waals surface area contributed by atoms with Crippen LogP contribution in [0.4, 0.5) is 0 Å². The second-order valence-corrected chi connectivity index (χ2v) is 8.38. The molecule has 0 amide bonds. The number of esters is 2. The number of carbonyl (C=O) groups excluding carboxylic acids is 3. The van der Waals surface area contributed by atoms with E-state index in [9.17, 15) is 14.4 Å². The van der Waals surface area contributed by atoms with E-state index < -0.39 is 6.10 Å². The first-order valence-corrected chi connectivity index (χ1v) is 11.2. The minimum atomic E-state index is -0.471. The van der Waals surface area contributed by atoms with Crippen molar-refractivity contribution in [3.8, 4) is 0 Å². The van der Waals surface area contributed by atoms with E-state index in [2.05, 4.69) is 0 Å². The van der Waals surface area contributed by atoms with Gasteiger partial charge >= 0.3 is 162 Å². The summed E-state index contributed by atoms with van der Waals surface area (Å²) in [5, 5.41) is 0.661. The summed E-state index contributed by atoms with van der Waals surface area (Å²) in [4.78, 5) is 35.4. The molecular weight excluding hydrogens is 399 g/mol. The molecule has 144 valence electrons. The Morgan fingerprint density at radius 2 is 1.65 bits per heavy atom. The van der Waals surface area contributed by atoms with E-state index in [-0.39, 0.29) is 38.2 Å². The SMILES string of the molecule is CCCC(=O)OCC(CC[Se]C(=O)Cc1ccccc1)OC(=O)CCC. The second-order valence-electron chi connectivity index (χ2n) is 5.97. The third-order valence-electron chi connectivity index (χ3n) is 3.53. The van der Waals surface area contributed by atoms with Gasteiger partial charge in [0, 0.05) is 0 Å². The number of hydrogen-bond acceptors (Lipinski definition) is 5. The van der Waals surface area contributed by atoms with Crippen molar-refractivity contribution in [2.75, 3.05) is 6.61 Å². The molecule has 0 heterocycles. The van der Waals surface area contributed by atoms with Gasteiger partial charge in [0.2, 0.25) is 0 Å². The van der Waals surface area contributed by atoms with Crippen molar-refractivity contribution < 1.29 is 23.9 Å². The van der Waals surface area contributed by atoms with Crippen LogP contribution in [0, 0.1) is 0 Å². The number of rotatable bonds is 13. The van der Waals surface area contributed by atoms with Gasteiger partial charge in [0.1, 0.15) is 0 Å². The van der Waals surface area contributed by atoms with Crippen molar-refractivity contribution in [1.82, 2.24) is 0 Å². The van der Waals surface area contributed by atoms with Gasteiger partial charge in [-0.15, -0.1) is 0 Å². The summed E-state index contributed by atoms with van der Waals surface area (Å²) < 4.78 is 10.8. The normalized spacial score (nSPS) is 11.6. The molecule has 0 radical (unpaired) electrons. The molecule has 0 saturated carbocycles. The van der Waals surface area contributed by atoms with Crippen LogP contribution in [-0.2, 0) is 30.3 Å². The van der Waals surface area contributed by atoms with Gasteiger partial charge in [-0.2, -0.15) is 0 Å². The molecule has 0 fully saturated rings. The Hall–Kier alpha value is -1.65. The van der Waals surface area contributed by atoms with Crippen LogP contribution in [0.15, 0.2) is 30.3 Å². The van der Waals surface area contributed by atoms with Crippen LogP contribution in [-0.4, -0.2) is 44.3 Å². The molecule has 1 aromatic carbocycles. The van der Waals surface area contributed by atoms with Crippen LogP contribution in [0.1, 0.15) is 51.5 Å². The number of ether oxygens (including phenoxy) is 2. The van der Waals surface area contributed by atoms with Gasteiger partial charge in [-0.05, 0) is 0 Å². The molecule has 0 saturated heterocycles. The van der Waals surface area contributed by atoms with Crippen LogP contribution >= 0.6 is 0 Å². The van der Waals surface area contributed by atoms with Crippen molar-refractivity contribution in [1.29, 1.82) is 0 Å². The third-order valence-corrected chi connectivity index (χ3v) is 5.43. The van der Waals surface area contributed by atoms with Crippen LogP contribution < -0.4 is 0 Å². The molecule has 0 aromatic heterocycles. The molecule has 6 heteroatoms. The van der Waals surface area contributed by atoms with Gasteiger partial charge < -0.3 is 0 Å². The Morgan fingerprint density at radius 3 is 2.31 bits per heavy atom. The molecule has 1 atom stereocenters. The van der Waals surface area contributed by atoms with Crippen molar-refractivity contribution in [2.45, 2.75) is 63.8 Å². The number of benzene rings is 1. The molecule has 0 N–H and O–H groups in total. The molecule has 0 aliphatic rings. The average molecular weight is 427 g/mol. The zero-order valence-corrected chi connectivity index (χ0v) is 17.3. The molecule has 5 nitrogen and oxygen atoms in total. The summed E-state index contributed by atoms with van der Waals surface area (Å²) in [5.74, 6) is -0.568. The van der Waals surface area contributed by atoms with Crippen LogP contribution in [0.25, 0.3) is 0 Å². The summed E-state index contributed by atoms with van der Waals surface area (Å²) in [6, 6.07) is 9.65. The predicted molar refractivity (Wildman–Crippen MR) is 101 cm³/mol. The van der Waals surface area contributed by atoms with Crippen molar-refractivity contribution >= 4 is 31.6 Å². The van der Waals surface area contributed by atoms with E-state index in [0.717, 1.165) is 12.0 Å². The summed E-state index contributed by atoms with van der Waals surface area (Å²) in [6.45, 7) is 3.88. The topological polar surface area (TPSA) is 69.7 Å². The van der Waals surface area contributed by atoms with E-state index >= 15 is 0 Å². The second kappa shape index (κ2) is 13.5. The van der Waals surface area contributed by atoms with Crippen molar-refractivity contribution in [3.63, 3.8) is 0 Å². The Bertz CT molecular complexity index is 559. The van der Waals surface area contributed by atoms with E-state index in [1.54, 1.807) is 0 Å². The van der Waals surface area contributed by atoms with Gasteiger partial charge in [0.25, 0.3) is 0 Å². The molecule has 0 spiro atoms. The predicted octanol–water partition coefficient (Wildman–Crippen LogP) is 3.32. The fourth-order valence-corrected chi connectivity index (χ4v) is 4.05. The maximum atomic E-state index is 12.1. The van der Waals surface area contributed by atoms with E-state index in [1.807, 2.05) is 44.2 Å². The molecule has 0 bridgehead atoms. The number of carbonyl (C=O) groups is 3. The standard InChI is InChI=1S/C20H28O5Se/c1-3-8-18(21)24-15-17(25-19(22)9-4-2)12-13-26-20(23)14-16-10-6-5-7-11-16/h5-7,10-11,17H,3-4,8-9,12-15H2,1-2H3. The summed E-state index contributed by atoms with van der Waals surface area (Å²) >= 11 is -0.182. The average Bonchev–Trinajstić information content (AvgIpc) is 2.61. The zero-order chi connectivity index (χ0) is 19.2. The van der Waals surface area contributed by atoms with Gasteiger partial charge in [0.05, 0.1) is 0 Å². The third kappa shape index (κ3) is 10.4. The van der Waals surface area contributed by atoms with Gasteiger partial charge in [0.15, 0.2) is 0 Å². The minimum absolute atomic E-state index is 0.0667. The van der Waals surface area contributed by atoms with Crippen LogP contribution in [0.2, 0.25) is 5.32 Å². The van der Waals surface area contributed by atoms with Crippen LogP contribution in [0.3, 0.4) is 0 Å². The van der Waals surface area contributed by atoms with E-state index in [4.69, 9.17) is 9.47 Å². The molecule has 0 aliphatic heterocycles. The number of hydrogen-bond donors (Lipinski definition) is 0. The van der Waals surface area contributed by atoms with Crippen molar-refractivity contribution in [3.05, 3.63) is 35.9 Å². The molecule has 1 unspecified atom stereocenters. The fraction of sp³-hybridized carbons (Fsp3) is 0.550. The maximum absolute atomic E-state index is 12.1. The summed E-state index contributed by atoms with van der Waals surface area (Å²) in [6.07, 6.45) is 2.63. The van der Waals surface area contributed by atoms with Gasteiger partial charge in [-0.3, -0.25) is 0 Å². The van der Waals surface area contributed by atoms with Gasteiger partial charge in [-0.25, -0.2) is 0 Å². The monoisotopic (exact) mass is 428 g/mol. The van der Waals surface area contributed by atoms with Gasteiger partial charge in [-0.1, -0.05) is 0 Å². The Morgan fingerprint density at radius 1 is 1.00 bits per heavy atom. The van der Waals surface area contributed by atoms with E-state index in [0.29, 0.717) is 37.4 Å². The van der Waals surface area contributed by atoms with Crippen molar-refractivity contribution in [2.24, 2.45) is 0 Å². The van der Waals surface area contributed by atoms with E-state index in [1.165, 1.54) is 0 Å².